The third kappa shape index (κ3) is 2.51. The van der Waals surface area contributed by atoms with E-state index in [4.69, 9.17) is 5.73 Å². The highest BCUT2D eigenvalue weighted by molar-refractivity contribution is 6.06. The van der Waals surface area contributed by atoms with Crippen LogP contribution in [0, 0.1) is 0 Å². The predicted molar refractivity (Wildman–Crippen MR) is 84.1 cm³/mol. The molecule has 1 aromatic heterocycles. The van der Waals surface area contributed by atoms with Crippen LogP contribution in [-0.2, 0) is 0 Å². The molecule has 0 bridgehead atoms. The third-order valence-corrected chi connectivity index (χ3v) is 4.41. The van der Waals surface area contributed by atoms with E-state index >= 15 is 0 Å². The van der Waals surface area contributed by atoms with E-state index in [1.54, 1.807) is 6.20 Å². The number of rotatable bonds is 2. The van der Waals surface area contributed by atoms with Gasteiger partial charge in [-0.1, -0.05) is 12.1 Å². The van der Waals surface area contributed by atoms with Crippen molar-refractivity contribution in [2.24, 2.45) is 5.73 Å². The van der Waals surface area contributed by atoms with E-state index in [0.29, 0.717) is 6.54 Å². The minimum absolute atomic E-state index is 0.0799. The smallest absolute Gasteiger partial charge is 0.255 e. The Morgan fingerprint density at radius 3 is 3.00 bits per heavy atom. The molecule has 0 spiro atoms. The van der Waals surface area contributed by atoms with Crippen molar-refractivity contribution < 1.29 is 4.79 Å². The monoisotopic (exact) mass is 283 g/mol. The lowest BCUT2D eigenvalue weighted by atomic mass is 9.94. The van der Waals surface area contributed by atoms with Gasteiger partial charge in [0.1, 0.15) is 0 Å². The molecule has 4 heteroatoms. The van der Waals surface area contributed by atoms with E-state index in [1.165, 1.54) is 0 Å². The van der Waals surface area contributed by atoms with Crippen LogP contribution in [0.2, 0.25) is 0 Å². The Bertz CT molecular complexity index is 650. The highest BCUT2D eigenvalue weighted by Gasteiger charge is 2.32. The SMILES string of the molecule is CC1CCCC(CN)N1C(=O)c1cccc2ncccc12. The van der Waals surface area contributed by atoms with Crippen LogP contribution in [0.4, 0.5) is 0 Å². The lowest BCUT2D eigenvalue weighted by molar-refractivity contribution is 0.0496. The standard InChI is InChI=1S/C17H21N3O/c1-12-5-2-6-13(11-18)20(12)17(21)15-7-3-9-16-14(15)8-4-10-19-16/h3-4,7-10,12-13H,2,5-6,11,18H2,1H3. The molecule has 1 saturated heterocycles. The van der Waals surface area contributed by atoms with Gasteiger partial charge < -0.3 is 10.6 Å². The fourth-order valence-electron chi connectivity index (χ4n) is 3.31. The number of likely N-dealkylation sites (tertiary alicyclic amines) is 1. The van der Waals surface area contributed by atoms with E-state index in [-0.39, 0.29) is 18.0 Å². The number of fused-ring (bicyclic) bond motifs is 1. The van der Waals surface area contributed by atoms with Gasteiger partial charge in [0.15, 0.2) is 0 Å². The fourth-order valence-corrected chi connectivity index (χ4v) is 3.31. The lowest BCUT2D eigenvalue weighted by Gasteiger charge is -2.40. The van der Waals surface area contributed by atoms with Gasteiger partial charge in [0, 0.05) is 35.8 Å². The van der Waals surface area contributed by atoms with Crippen molar-refractivity contribution in [2.45, 2.75) is 38.3 Å². The zero-order valence-corrected chi connectivity index (χ0v) is 12.3. The topological polar surface area (TPSA) is 59.2 Å². The zero-order valence-electron chi connectivity index (χ0n) is 12.3. The van der Waals surface area contributed by atoms with Crippen LogP contribution in [0.25, 0.3) is 10.9 Å². The second-order valence-corrected chi connectivity index (χ2v) is 5.76. The molecule has 4 nitrogen and oxygen atoms in total. The number of hydrogen-bond acceptors (Lipinski definition) is 3. The molecule has 1 amide bonds. The molecule has 2 heterocycles. The number of nitrogens with zero attached hydrogens (tertiary/aromatic N) is 2. The largest absolute Gasteiger partial charge is 0.332 e. The molecule has 2 N–H and O–H groups in total. The molecule has 0 aliphatic carbocycles. The maximum absolute atomic E-state index is 13.0. The molecule has 1 aliphatic heterocycles. The number of nitrogens with two attached hydrogens (primary N) is 1. The summed E-state index contributed by atoms with van der Waals surface area (Å²) in [5.41, 5.74) is 7.47. The number of aromatic nitrogens is 1. The van der Waals surface area contributed by atoms with E-state index in [2.05, 4.69) is 11.9 Å². The average molecular weight is 283 g/mol. The summed E-state index contributed by atoms with van der Waals surface area (Å²) in [5, 5.41) is 0.915. The van der Waals surface area contributed by atoms with Gasteiger partial charge >= 0.3 is 0 Å². The maximum Gasteiger partial charge on any atom is 0.255 e. The van der Waals surface area contributed by atoms with Crippen molar-refractivity contribution in [1.82, 2.24) is 9.88 Å². The first kappa shape index (κ1) is 14.0. The Morgan fingerprint density at radius 1 is 1.33 bits per heavy atom. The number of piperidine rings is 1. The van der Waals surface area contributed by atoms with Gasteiger partial charge in [0.05, 0.1) is 5.52 Å². The van der Waals surface area contributed by atoms with Crippen molar-refractivity contribution >= 4 is 16.8 Å². The minimum atomic E-state index is 0.0799. The van der Waals surface area contributed by atoms with Crippen molar-refractivity contribution in [2.75, 3.05) is 6.54 Å². The average Bonchev–Trinajstić information content (AvgIpc) is 2.53. The first-order chi connectivity index (χ1) is 10.2. The number of pyridine rings is 1. The molecular weight excluding hydrogens is 262 g/mol. The Labute approximate surface area is 125 Å². The van der Waals surface area contributed by atoms with Crippen molar-refractivity contribution in [3.05, 3.63) is 42.1 Å². The van der Waals surface area contributed by atoms with Gasteiger partial charge in [-0.15, -0.1) is 0 Å². The number of benzene rings is 1. The van der Waals surface area contributed by atoms with E-state index in [1.807, 2.05) is 35.2 Å². The summed E-state index contributed by atoms with van der Waals surface area (Å²) in [6.45, 7) is 2.64. The van der Waals surface area contributed by atoms with Crippen LogP contribution < -0.4 is 5.73 Å². The van der Waals surface area contributed by atoms with Crippen LogP contribution in [0.1, 0.15) is 36.5 Å². The van der Waals surface area contributed by atoms with Crippen molar-refractivity contribution in [3.8, 4) is 0 Å². The second kappa shape index (κ2) is 5.82. The van der Waals surface area contributed by atoms with Crippen LogP contribution in [-0.4, -0.2) is 34.4 Å². The summed E-state index contributed by atoms with van der Waals surface area (Å²) in [4.78, 5) is 19.3. The normalized spacial score (nSPS) is 22.5. The predicted octanol–water partition coefficient (Wildman–Crippen LogP) is 2.58. The van der Waals surface area contributed by atoms with Gasteiger partial charge in [0.25, 0.3) is 5.91 Å². The summed E-state index contributed by atoms with van der Waals surface area (Å²) >= 11 is 0. The van der Waals surface area contributed by atoms with Gasteiger partial charge in [0.2, 0.25) is 0 Å². The van der Waals surface area contributed by atoms with E-state index in [0.717, 1.165) is 35.7 Å². The summed E-state index contributed by atoms with van der Waals surface area (Å²) in [6, 6.07) is 9.95. The Kier molecular flexibility index (Phi) is 3.88. The number of carbonyl (C=O) groups is 1. The highest BCUT2D eigenvalue weighted by Crippen LogP contribution is 2.26. The summed E-state index contributed by atoms with van der Waals surface area (Å²) < 4.78 is 0. The first-order valence-corrected chi connectivity index (χ1v) is 7.59. The zero-order chi connectivity index (χ0) is 14.8. The van der Waals surface area contributed by atoms with Gasteiger partial charge in [-0.3, -0.25) is 9.78 Å². The van der Waals surface area contributed by atoms with Gasteiger partial charge in [-0.05, 0) is 44.4 Å². The molecule has 0 radical (unpaired) electrons. The molecule has 21 heavy (non-hydrogen) atoms. The summed E-state index contributed by atoms with van der Waals surface area (Å²) in [6.07, 6.45) is 4.94. The van der Waals surface area contributed by atoms with Crippen LogP contribution >= 0.6 is 0 Å². The Morgan fingerprint density at radius 2 is 2.19 bits per heavy atom. The van der Waals surface area contributed by atoms with Crippen LogP contribution in [0.15, 0.2) is 36.5 Å². The maximum atomic E-state index is 13.0. The number of hydrogen-bond donors (Lipinski definition) is 1. The lowest BCUT2D eigenvalue weighted by Crippen LogP contribution is -2.51. The number of amides is 1. The molecule has 110 valence electrons. The Hall–Kier alpha value is -1.94. The second-order valence-electron chi connectivity index (χ2n) is 5.76. The molecule has 1 fully saturated rings. The quantitative estimate of drug-likeness (QED) is 0.921. The summed E-state index contributed by atoms with van der Waals surface area (Å²) in [5.74, 6) is 0.0799. The number of carbonyl (C=O) groups excluding carboxylic acids is 1. The van der Waals surface area contributed by atoms with Crippen molar-refractivity contribution in [3.63, 3.8) is 0 Å². The minimum Gasteiger partial charge on any atom is -0.332 e. The molecule has 2 aromatic rings. The molecule has 1 aromatic carbocycles. The van der Waals surface area contributed by atoms with E-state index < -0.39 is 0 Å². The molecule has 3 rings (SSSR count). The van der Waals surface area contributed by atoms with Crippen molar-refractivity contribution in [1.29, 1.82) is 0 Å². The molecular formula is C17H21N3O. The Balaban J connectivity index is 2.03. The van der Waals surface area contributed by atoms with Crippen LogP contribution in [0.3, 0.4) is 0 Å². The van der Waals surface area contributed by atoms with Gasteiger partial charge in [-0.2, -0.15) is 0 Å². The van der Waals surface area contributed by atoms with E-state index in [9.17, 15) is 4.79 Å². The third-order valence-electron chi connectivity index (χ3n) is 4.41. The molecule has 2 atom stereocenters. The highest BCUT2D eigenvalue weighted by atomic mass is 16.2. The molecule has 2 unspecified atom stereocenters. The molecule has 1 aliphatic rings. The summed E-state index contributed by atoms with van der Waals surface area (Å²) in [7, 11) is 0. The molecule has 0 saturated carbocycles. The van der Waals surface area contributed by atoms with Crippen LogP contribution in [0.5, 0.6) is 0 Å². The van der Waals surface area contributed by atoms with Gasteiger partial charge in [-0.25, -0.2) is 0 Å². The first-order valence-electron chi connectivity index (χ1n) is 7.59. The fraction of sp³-hybridized carbons (Fsp3) is 0.412.